The molecule has 0 atom stereocenters. The number of hydrogen-bond acceptors (Lipinski definition) is 6. The summed E-state index contributed by atoms with van der Waals surface area (Å²) in [6.45, 7) is 3.93. The van der Waals surface area contributed by atoms with Crippen molar-refractivity contribution in [3.8, 4) is 0 Å². The van der Waals surface area contributed by atoms with Gasteiger partial charge in [-0.05, 0) is 31.4 Å². The van der Waals surface area contributed by atoms with Crippen molar-refractivity contribution in [1.29, 1.82) is 0 Å². The number of carbonyl (C=O) groups excluding carboxylic acids is 3. The van der Waals surface area contributed by atoms with Gasteiger partial charge < -0.3 is 14.2 Å². The van der Waals surface area contributed by atoms with Crippen molar-refractivity contribution in [3.05, 3.63) is 46.5 Å². The summed E-state index contributed by atoms with van der Waals surface area (Å²) in [4.78, 5) is 35.9. The highest BCUT2D eigenvalue weighted by molar-refractivity contribution is 6.07. The molecule has 0 N–H and O–H groups in total. The quantitative estimate of drug-likeness (QED) is 0.342. The van der Waals surface area contributed by atoms with Crippen molar-refractivity contribution in [1.82, 2.24) is 0 Å². The first kappa shape index (κ1) is 19.4. The number of benzene rings is 1. The molecule has 0 aromatic heterocycles. The molecule has 6 heteroatoms. The number of hydrogen-bond donors (Lipinski definition) is 0. The topological polar surface area (TPSA) is 78.9 Å². The van der Waals surface area contributed by atoms with E-state index in [1.165, 1.54) is 13.2 Å². The average Bonchev–Trinajstić information content (AvgIpc) is 2.58. The number of carbonyl (C=O) groups is 3. The molecule has 1 rings (SSSR count). The standard InChI is InChI=1S/C18H22O6/c1-11-6-7-13(12(2)10-11)8-9-14(16(19)22-3)15(17(20)23-4)18(21)24-5/h6-7,9-10,15H,8H2,1-5H3/b14-9-. The lowest BCUT2D eigenvalue weighted by Gasteiger charge is -2.15. The molecule has 130 valence electrons. The summed E-state index contributed by atoms with van der Waals surface area (Å²) < 4.78 is 13.9. The van der Waals surface area contributed by atoms with Gasteiger partial charge in [0, 0.05) is 0 Å². The lowest BCUT2D eigenvalue weighted by Crippen LogP contribution is -2.32. The Labute approximate surface area is 141 Å². The van der Waals surface area contributed by atoms with E-state index in [-0.39, 0.29) is 5.57 Å². The van der Waals surface area contributed by atoms with Crippen molar-refractivity contribution < 1.29 is 28.6 Å². The van der Waals surface area contributed by atoms with Gasteiger partial charge >= 0.3 is 17.9 Å². The van der Waals surface area contributed by atoms with Crippen LogP contribution in [0.4, 0.5) is 0 Å². The number of ether oxygens (including phenoxy) is 3. The van der Waals surface area contributed by atoms with Gasteiger partial charge in [0.05, 0.1) is 26.9 Å². The maximum Gasteiger partial charge on any atom is 0.334 e. The first-order valence-electron chi connectivity index (χ1n) is 7.35. The molecule has 0 saturated carbocycles. The number of aryl methyl sites for hydroxylation is 2. The van der Waals surface area contributed by atoms with Gasteiger partial charge in [-0.3, -0.25) is 9.59 Å². The predicted molar refractivity (Wildman–Crippen MR) is 87.2 cm³/mol. The average molecular weight is 334 g/mol. The number of esters is 3. The Hall–Kier alpha value is -2.63. The van der Waals surface area contributed by atoms with Gasteiger partial charge in [0.1, 0.15) is 0 Å². The molecule has 0 aliphatic heterocycles. The van der Waals surface area contributed by atoms with E-state index in [4.69, 9.17) is 4.74 Å². The summed E-state index contributed by atoms with van der Waals surface area (Å²) >= 11 is 0. The number of rotatable bonds is 6. The van der Waals surface area contributed by atoms with Crippen molar-refractivity contribution in [2.75, 3.05) is 21.3 Å². The smallest absolute Gasteiger partial charge is 0.334 e. The zero-order chi connectivity index (χ0) is 18.3. The fraction of sp³-hybridized carbons (Fsp3) is 0.389. The van der Waals surface area contributed by atoms with E-state index in [1.807, 2.05) is 32.0 Å². The van der Waals surface area contributed by atoms with Crippen LogP contribution in [0.3, 0.4) is 0 Å². The fourth-order valence-corrected chi connectivity index (χ4v) is 2.32. The molecular weight excluding hydrogens is 312 g/mol. The van der Waals surface area contributed by atoms with Crippen LogP contribution in [-0.4, -0.2) is 39.2 Å². The monoisotopic (exact) mass is 334 g/mol. The van der Waals surface area contributed by atoms with Gasteiger partial charge in [-0.25, -0.2) is 4.79 Å². The predicted octanol–water partition coefficient (Wildman–Crippen LogP) is 1.91. The second-order valence-corrected chi connectivity index (χ2v) is 5.26. The summed E-state index contributed by atoms with van der Waals surface area (Å²) in [6.07, 6.45) is 1.86. The lowest BCUT2D eigenvalue weighted by atomic mass is 9.95. The third-order valence-corrected chi connectivity index (χ3v) is 3.65. The van der Waals surface area contributed by atoms with Crippen LogP contribution in [0.5, 0.6) is 0 Å². The molecule has 1 aromatic carbocycles. The van der Waals surface area contributed by atoms with E-state index in [2.05, 4.69) is 9.47 Å². The van der Waals surface area contributed by atoms with Crippen molar-refractivity contribution >= 4 is 17.9 Å². The zero-order valence-corrected chi connectivity index (χ0v) is 14.5. The Balaban J connectivity index is 3.25. The summed E-state index contributed by atoms with van der Waals surface area (Å²) in [5, 5.41) is 0. The highest BCUT2D eigenvalue weighted by Gasteiger charge is 2.36. The van der Waals surface area contributed by atoms with Crippen LogP contribution in [-0.2, 0) is 35.0 Å². The van der Waals surface area contributed by atoms with E-state index in [1.54, 1.807) is 0 Å². The van der Waals surface area contributed by atoms with Gasteiger partial charge in [-0.15, -0.1) is 0 Å². The molecule has 0 heterocycles. The number of methoxy groups -OCH3 is 3. The molecule has 0 unspecified atom stereocenters. The van der Waals surface area contributed by atoms with Crippen LogP contribution >= 0.6 is 0 Å². The van der Waals surface area contributed by atoms with Crippen LogP contribution in [0, 0.1) is 19.8 Å². The molecule has 0 amide bonds. The normalized spacial score (nSPS) is 11.2. The maximum absolute atomic E-state index is 12.0. The molecule has 0 aliphatic rings. The Kier molecular flexibility index (Phi) is 7.17. The molecule has 24 heavy (non-hydrogen) atoms. The number of allylic oxidation sites excluding steroid dienone is 1. The minimum absolute atomic E-state index is 0.101. The molecule has 1 aromatic rings. The van der Waals surface area contributed by atoms with Crippen LogP contribution in [0.15, 0.2) is 29.8 Å². The maximum atomic E-state index is 12.0. The summed E-state index contributed by atoms with van der Waals surface area (Å²) in [7, 11) is 3.45. The Morgan fingerprint density at radius 3 is 2.04 bits per heavy atom. The van der Waals surface area contributed by atoms with E-state index in [0.29, 0.717) is 6.42 Å². The Bertz CT molecular complexity index is 643. The summed E-state index contributed by atoms with van der Waals surface area (Å²) in [5.74, 6) is -4.00. The second-order valence-electron chi connectivity index (χ2n) is 5.26. The highest BCUT2D eigenvalue weighted by atomic mass is 16.5. The Morgan fingerprint density at radius 2 is 1.58 bits per heavy atom. The first-order chi connectivity index (χ1) is 11.3. The zero-order valence-electron chi connectivity index (χ0n) is 14.5. The van der Waals surface area contributed by atoms with E-state index in [9.17, 15) is 14.4 Å². The van der Waals surface area contributed by atoms with E-state index < -0.39 is 23.8 Å². The van der Waals surface area contributed by atoms with Gasteiger partial charge in [0.2, 0.25) is 0 Å². The molecule has 0 saturated heterocycles. The molecule has 0 fully saturated rings. The van der Waals surface area contributed by atoms with Crippen molar-refractivity contribution in [2.24, 2.45) is 5.92 Å². The second kappa shape index (κ2) is 8.86. The lowest BCUT2D eigenvalue weighted by molar-refractivity contribution is -0.159. The first-order valence-corrected chi connectivity index (χ1v) is 7.35. The minimum Gasteiger partial charge on any atom is -0.468 e. The molecule has 6 nitrogen and oxygen atoms in total. The van der Waals surface area contributed by atoms with Crippen LogP contribution in [0.25, 0.3) is 0 Å². The van der Waals surface area contributed by atoms with Crippen molar-refractivity contribution in [2.45, 2.75) is 20.3 Å². The van der Waals surface area contributed by atoms with Gasteiger partial charge in [0.15, 0.2) is 5.92 Å². The van der Waals surface area contributed by atoms with Gasteiger partial charge in [0.25, 0.3) is 0 Å². The molecule has 0 radical (unpaired) electrons. The van der Waals surface area contributed by atoms with Gasteiger partial charge in [-0.1, -0.05) is 29.8 Å². The summed E-state index contributed by atoms with van der Waals surface area (Å²) in [6, 6.07) is 5.90. The SMILES string of the molecule is COC(=O)/C(=C\Cc1ccc(C)cc1C)C(C(=O)OC)C(=O)OC. The molecular formula is C18H22O6. The molecule has 0 bridgehead atoms. The summed E-state index contributed by atoms with van der Waals surface area (Å²) in [5.41, 5.74) is 3.03. The molecule has 0 aliphatic carbocycles. The largest absolute Gasteiger partial charge is 0.468 e. The third kappa shape index (κ3) is 4.68. The fourth-order valence-electron chi connectivity index (χ4n) is 2.32. The van der Waals surface area contributed by atoms with Crippen LogP contribution in [0.2, 0.25) is 0 Å². The Morgan fingerprint density at radius 1 is 1.00 bits per heavy atom. The van der Waals surface area contributed by atoms with Crippen LogP contribution in [0.1, 0.15) is 16.7 Å². The van der Waals surface area contributed by atoms with Crippen molar-refractivity contribution in [3.63, 3.8) is 0 Å². The third-order valence-electron chi connectivity index (χ3n) is 3.65. The van der Waals surface area contributed by atoms with E-state index in [0.717, 1.165) is 30.9 Å². The van der Waals surface area contributed by atoms with E-state index >= 15 is 0 Å². The molecule has 0 spiro atoms. The highest BCUT2D eigenvalue weighted by Crippen LogP contribution is 2.19. The minimum atomic E-state index is -1.47. The van der Waals surface area contributed by atoms with Crippen LogP contribution < -0.4 is 0 Å². The van der Waals surface area contributed by atoms with Gasteiger partial charge in [-0.2, -0.15) is 0 Å².